The first-order valence-electron chi connectivity index (χ1n) is 11.2. The van der Waals surface area contributed by atoms with Gasteiger partial charge in [-0.1, -0.05) is 6.42 Å². The van der Waals surface area contributed by atoms with Crippen LogP contribution in [-0.4, -0.2) is 62.2 Å². The fourth-order valence-electron chi connectivity index (χ4n) is 3.66. The van der Waals surface area contributed by atoms with Gasteiger partial charge < -0.3 is 15.0 Å². The Hall–Kier alpha value is -2.13. The highest BCUT2D eigenvalue weighted by atomic mass is 32.2. The van der Waals surface area contributed by atoms with Crippen LogP contribution in [0.25, 0.3) is 0 Å². The molecule has 0 unspecified atom stereocenters. The highest BCUT2D eigenvalue weighted by Gasteiger charge is 2.29. The summed E-state index contributed by atoms with van der Waals surface area (Å²) in [5.41, 5.74) is 0.402. The number of rotatable bonds is 11. The number of hydrogen-bond acceptors (Lipinski definition) is 5. The van der Waals surface area contributed by atoms with Crippen LogP contribution in [0.3, 0.4) is 0 Å². The molecular formula is C22H35N3O5S. The number of anilines is 1. The Balaban J connectivity index is 2.07. The summed E-state index contributed by atoms with van der Waals surface area (Å²) in [7, 11) is -3.71. The molecule has 1 aromatic rings. The molecule has 1 aromatic carbocycles. The van der Waals surface area contributed by atoms with Gasteiger partial charge in [0.05, 0.1) is 6.61 Å². The van der Waals surface area contributed by atoms with Crippen molar-refractivity contribution in [3.05, 3.63) is 18.2 Å². The zero-order valence-electron chi connectivity index (χ0n) is 18.9. The number of benzene rings is 1. The van der Waals surface area contributed by atoms with Crippen molar-refractivity contribution in [2.24, 2.45) is 0 Å². The summed E-state index contributed by atoms with van der Waals surface area (Å²) in [5, 5.41) is 2.76. The highest BCUT2D eigenvalue weighted by Crippen LogP contribution is 2.31. The lowest BCUT2D eigenvalue weighted by Crippen LogP contribution is -2.35. The first-order valence-corrected chi connectivity index (χ1v) is 12.6. The van der Waals surface area contributed by atoms with Gasteiger partial charge in [-0.25, -0.2) is 8.42 Å². The largest absolute Gasteiger partial charge is 0.492 e. The minimum Gasteiger partial charge on any atom is -0.492 e. The zero-order valence-corrected chi connectivity index (χ0v) is 19.7. The van der Waals surface area contributed by atoms with E-state index in [0.29, 0.717) is 51.3 Å². The summed E-state index contributed by atoms with van der Waals surface area (Å²) in [6.45, 7) is 8.28. The maximum atomic E-state index is 13.2. The number of piperidine rings is 1. The maximum absolute atomic E-state index is 13.2. The van der Waals surface area contributed by atoms with Gasteiger partial charge in [0.25, 0.3) is 0 Å². The number of nitrogens with one attached hydrogen (secondary N) is 1. The molecule has 0 atom stereocenters. The average Bonchev–Trinajstić information content (AvgIpc) is 2.76. The van der Waals surface area contributed by atoms with Crippen molar-refractivity contribution in [1.29, 1.82) is 0 Å². The lowest BCUT2D eigenvalue weighted by atomic mass is 10.2. The van der Waals surface area contributed by atoms with Crippen molar-refractivity contribution >= 4 is 27.5 Å². The van der Waals surface area contributed by atoms with Crippen LogP contribution in [0.15, 0.2) is 23.1 Å². The van der Waals surface area contributed by atoms with Gasteiger partial charge in [0, 0.05) is 44.7 Å². The van der Waals surface area contributed by atoms with E-state index in [1.54, 1.807) is 24.0 Å². The summed E-state index contributed by atoms with van der Waals surface area (Å²) < 4.78 is 33.4. The molecule has 0 aliphatic carbocycles. The topological polar surface area (TPSA) is 96.0 Å². The molecule has 174 valence electrons. The molecule has 1 N–H and O–H groups in total. The van der Waals surface area contributed by atoms with Gasteiger partial charge in [-0.05, 0) is 58.2 Å². The number of ether oxygens (including phenoxy) is 1. The highest BCUT2D eigenvalue weighted by molar-refractivity contribution is 7.89. The molecule has 2 amide bonds. The monoisotopic (exact) mass is 453 g/mol. The van der Waals surface area contributed by atoms with Gasteiger partial charge in [-0.2, -0.15) is 4.31 Å². The molecule has 31 heavy (non-hydrogen) atoms. The number of amides is 2. The van der Waals surface area contributed by atoms with Gasteiger partial charge in [-0.15, -0.1) is 0 Å². The van der Waals surface area contributed by atoms with E-state index in [9.17, 15) is 18.0 Å². The SMILES string of the molecule is CCOc1ccc(NC(=O)CCCC(=O)N(CC)CC)cc1S(=O)(=O)N1CCCCC1. The first kappa shape index (κ1) is 25.1. The minimum absolute atomic E-state index is 0.0359. The molecule has 0 aromatic heterocycles. The van der Waals surface area contributed by atoms with Crippen LogP contribution >= 0.6 is 0 Å². The van der Waals surface area contributed by atoms with Crippen LogP contribution in [0.5, 0.6) is 5.75 Å². The van der Waals surface area contributed by atoms with E-state index in [1.165, 1.54) is 10.4 Å². The van der Waals surface area contributed by atoms with E-state index in [-0.39, 0.29) is 28.9 Å². The van der Waals surface area contributed by atoms with Crippen molar-refractivity contribution in [1.82, 2.24) is 9.21 Å². The molecule has 1 saturated heterocycles. The summed E-state index contributed by atoms with van der Waals surface area (Å²) >= 11 is 0. The van der Waals surface area contributed by atoms with E-state index >= 15 is 0 Å². The average molecular weight is 454 g/mol. The van der Waals surface area contributed by atoms with Crippen LogP contribution < -0.4 is 10.1 Å². The second kappa shape index (κ2) is 12.0. The Labute approximate surface area is 186 Å². The van der Waals surface area contributed by atoms with Crippen molar-refractivity contribution in [2.75, 3.05) is 38.1 Å². The molecule has 1 aliphatic rings. The number of nitrogens with zero attached hydrogens (tertiary/aromatic N) is 2. The lowest BCUT2D eigenvalue weighted by Gasteiger charge is -2.27. The van der Waals surface area contributed by atoms with Crippen LogP contribution in [0.1, 0.15) is 59.3 Å². The zero-order chi connectivity index (χ0) is 22.9. The van der Waals surface area contributed by atoms with Gasteiger partial charge in [0.15, 0.2) is 0 Å². The van der Waals surface area contributed by atoms with Gasteiger partial charge in [0.1, 0.15) is 10.6 Å². The third-order valence-electron chi connectivity index (χ3n) is 5.37. The van der Waals surface area contributed by atoms with Crippen LogP contribution in [0, 0.1) is 0 Å². The molecule has 0 radical (unpaired) electrons. The third kappa shape index (κ3) is 6.93. The van der Waals surface area contributed by atoms with E-state index < -0.39 is 10.0 Å². The normalized spacial score (nSPS) is 14.8. The number of carbonyl (C=O) groups excluding carboxylic acids is 2. The van der Waals surface area contributed by atoms with E-state index in [0.717, 1.165) is 19.3 Å². The molecule has 8 nitrogen and oxygen atoms in total. The van der Waals surface area contributed by atoms with E-state index in [1.807, 2.05) is 13.8 Å². The predicted octanol–water partition coefficient (Wildman–Crippen LogP) is 3.24. The van der Waals surface area contributed by atoms with Crippen molar-refractivity contribution in [3.8, 4) is 5.75 Å². The third-order valence-corrected chi connectivity index (χ3v) is 7.29. The minimum atomic E-state index is -3.71. The second-order valence-electron chi connectivity index (χ2n) is 7.53. The molecule has 0 bridgehead atoms. The van der Waals surface area contributed by atoms with Gasteiger partial charge >= 0.3 is 0 Å². The van der Waals surface area contributed by atoms with Gasteiger partial charge in [0.2, 0.25) is 21.8 Å². The quantitative estimate of drug-likeness (QED) is 0.555. The fraction of sp³-hybridized carbons (Fsp3) is 0.636. The van der Waals surface area contributed by atoms with E-state index in [2.05, 4.69) is 5.32 Å². The smallest absolute Gasteiger partial charge is 0.246 e. The van der Waals surface area contributed by atoms with Crippen LogP contribution in [-0.2, 0) is 19.6 Å². The number of hydrogen-bond donors (Lipinski definition) is 1. The molecular weight excluding hydrogens is 418 g/mol. The Morgan fingerprint density at radius 3 is 2.35 bits per heavy atom. The van der Waals surface area contributed by atoms with Crippen molar-refractivity contribution in [2.45, 2.75) is 64.2 Å². The Kier molecular flexibility index (Phi) is 9.77. The molecule has 9 heteroatoms. The van der Waals surface area contributed by atoms with Gasteiger partial charge in [-0.3, -0.25) is 9.59 Å². The Morgan fingerprint density at radius 1 is 1.06 bits per heavy atom. The van der Waals surface area contributed by atoms with E-state index in [4.69, 9.17) is 4.74 Å². The molecule has 1 aliphatic heterocycles. The number of carbonyl (C=O) groups is 2. The maximum Gasteiger partial charge on any atom is 0.246 e. The summed E-state index contributed by atoms with van der Waals surface area (Å²) in [6, 6.07) is 4.69. The molecule has 2 rings (SSSR count). The summed E-state index contributed by atoms with van der Waals surface area (Å²) in [4.78, 5) is 26.2. The fourth-order valence-corrected chi connectivity index (χ4v) is 5.34. The second-order valence-corrected chi connectivity index (χ2v) is 9.43. The first-order chi connectivity index (χ1) is 14.8. The van der Waals surface area contributed by atoms with Crippen LogP contribution in [0.4, 0.5) is 5.69 Å². The lowest BCUT2D eigenvalue weighted by molar-refractivity contribution is -0.131. The summed E-state index contributed by atoms with van der Waals surface area (Å²) in [6.07, 6.45) is 3.65. The predicted molar refractivity (Wildman–Crippen MR) is 121 cm³/mol. The van der Waals surface area contributed by atoms with Crippen molar-refractivity contribution < 1.29 is 22.7 Å². The standard InChI is InChI=1S/C22H35N3O5S/c1-4-24(5-2)22(27)12-10-11-21(26)23-18-13-14-19(30-6-3)20(17-18)31(28,29)25-15-8-7-9-16-25/h13-14,17H,4-12,15-16H2,1-3H3,(H,23,26). The molecule has 1 heterocycles. The Morgan fingerprint density at radius 2 is 1.74 bits per heavy atom. The number of sulfonamides is 1. The summed E-state index contributed by atoms with van der Waals surface area (Å²) in [5.74, 6) is 0.0718. The molecule has 0 spiro atoms. The molecule has 0 saturated carbocycles. The van der Waals surface area contributed by atoms with Crippen LogP contribution in [0.2, 0.25) is 0 Å². The molecule has 1 fully saturated rings. The Bertz CT molecular complexity index is 847. The van der Waals surface area contributed by atoms with Crippen molar-refractivity contribution in [3.63, 3.8) is 0 Å².